The van der Waals surface area contributed by atoms with Crippen molar-refractivity contribution in [2.45, 2.75) is 19.4 Å². The van der Waals surface area contributed by atoms with Gasteiger partial charge in [0.2, 0.25) is 0 Å². The fraction of sp³-hybridized carbons (Fsp3) is 0.833. The predicted octanol–water partition coefficient (Wildman–Crippen LogP) is -0.774. The maximum Gasteiger partial charge on any atom is 0.324 e. The summed E-state index contributed by atoms with van der Waals surface area (Å²) >= 11 is 0. The normalized spacial score (nSPS) is 12.7. The van der Waals surface area contributed by atoms with E-state index >= 15 is 0 Å². The standard InChI is InChI=1S/C6H14N2O2/c1-2-3-10-6(9)5(8)4-7/h5H,2-4,7-8H2,1H3. The molecule has 0 saturated carbocycles. The molecule has 4 N–H and O–H groups in total. The van der Waals surface area contributed by atoms with E-state index in [0.29, 0.717) is 6.61 Å². The first-order valence-corrected chi connectivity index (χ1v) is 3.34. The monoisotopic (exact) mass is 146 g/mol. The first-order valence-electron chi connectivity index (χ1n) is 3.34. The highest BCUT2D eigenvalue weighted by Crippen LogP contribution is 1.85. The number of nitrogens with two attached hydrogens (primary N) is 2. The number of ether oxygens (including phenoxy) is 1. The Kier molecular flexibility index (Phi) is 4.88. The molecule has 0 heterocycles. The number of hydrogen-bond acceptors (Lipinski definition) is 4. The first kappa shape index (κ1) is 9.39. The Morgan fingerprint density at radius 1 is 1.70 bits per heavy atom. The molecule has 4 nitrogen and oxygen atoms in total. The fourth-order valence-corrected chi connectivity index (χ4v) is 0.406. The van der Waals surface area contributed by atoms with Crippen LogP contribution in [0.3, 0.4) is 0 Å². The molecule has 4 heteroatoms. The van der Waals surface area contributed by atoms with E-state index in [1.165, 1.54) is 0 Å². The van der Waals surface area contributed by atoms with E-state index in [2.05, 4.69) is 0 Å². The molecule has 1 unspecified atom stereocenters. The lowest BCUT2D eigenvalue weighted by atomic mass is 10.3. The molecule has 0 saturated heterocycles. The average Bonchev–Trinajstić information content (AvgIpc) is 1.98. The molecule has 0 amide bonds. The van der Waals surface area contributed by atoms with Crippen molar-refractivity contribution in [3.05, 3.63) is 0 Å². The third-order valence-electron chi connectivity index (χ3n) is 1.01. The van der Waals surface area contributed by atoms with Crippen molar-refractivity contribution in [3.63, 3.8) is 0 Å². The molecule has 0 aromatic carbocycles. The summed E-state index contributed by atoms with van der Waals surface area (Å²) in [5.74, 6) is -0.413. The van der Waals surface area contributed by atoms with Crippen LogP contribution in [0.4, 0.5) is 0 Å². The second-order valence-electron chi connectivity index (χ2n) is 2.01. The zero-order chi connectivity index (χ0) is 7.98. The van der Waals surface area contributed by atoms with Gasteiger partial charge in [-0.2, -0.15) is 0 Å². The summed E-state index contributed by atoms with van der Waals surface area (Å²) in [4.78, 5) is 10.7. The minimum atomic E-state index is -0.661. The first-order chi connectivity index (χ1) is 4.72. The fourth-order valence-electron chi connectivity index (χ4n) is 0.406. The maximum absolute atomic E-state index is 10.7. The molecular weight excluding hydrogens is 132 g/mol. The van der Waals surface area contributed by atoms with E-state index in [4.69, 9.17) is 16.2 Å². The third kappa shape index (κ3) is 3.42. The van der Waals surface area contributed by atoms with Gasteiger partial charge in [-0.1, -0.05) is 6.92 Å². The highest BCUT2D eigenvalue weighted by Gasteiger charge is 2.11. The van der Waals surface area contributed by atoms with Crippen molar-refractivity contribution in [3.8, 4) is 0 Å². The Morgan fingerprint density at radius 3 is 2.70 bits per heavy atom. The van der Waals surface area contributed by atoms with Crippen molar-refractivity contribution >= 4 is 5.97 Å². The van der Waals surface area contributed by atoms with Gasteiger partial charge < -0.3 is 16.2 Å². The quantitative estimate of drug-likeness (QED) is 0.510. The lowest BCUT2D eigenvalue weighted by Crippen LogP contribution is -2.39. The van der Waals surface area contributed by atoms with Gasteiger partial charge in [-0.15, -0.1) is 0 Å². The van der Waals surface area contributed by atoms with Crippen LogP contribution in [0.25, 0.3) is 0 Å². The van der Waals surface area contributed by atoms with Crippen molar-refractivity contribution in [2.75, 3.05) is 13.2 Å². The molecule has 0 fully saturated rings. The highest BCUT2D eigenvalue weighted by molar-refractivity contribution is 5.75. The summed E-state index contributed by atoms with van der Waals surface area (Å²) in [7, 11) is 0. The molecule has 0 aliphatic carbocycles. The Hall–Kier alpha value is -0.610. The van der Waals surface area contributed by atoms with Crippen LogP contribution in [-0.4, -0.2) is 25.2 Å². The van der Waals surface area contributed by atoms with Crippen LogP contribution in [0.2, 0.25) is 0 Å². The maximum atomic E-state index is 10.7. The van der Waals surface area contributed by atoms with Gasteiger partial charge in [-0.3, -0.25) is 4.79 Å². The van der Waals surface area contributed by atoms with Crippen molar-refractivity contribution in [1.82, 2.24) is 0 Å². The van der Waals surface area contributed by atoms with Crippen LogP contribution in [0.1, 0.15) is 13.3 Å². The molecule has 0 aromatic heterocycles. The smallest absolute Gasteiger partial charge is 0.324 e. The second-order valence-corrected chi connectivity index (χ2v) is 2.01. The van der Waals surface area contributed by atoms with Gasteiger partial charge in [-0.25, -0.2) is 0 Å². The molecule has 0 aliphatic rings. The molecule has 0 radical (unpaired) electrons. The minimum absolute atomic E-state index is 0.141. The van der Waals surface area contributed by atoms with E-state index in [0.717, 1.165) is 6.42 Å². The molecule has 0 rings (SSSR count). The Bertz CT molecular complexity index is 106. The summed E-state index contributed by atoms with van der Waals surface area (Å²) in [6.45, 7) is 2.48. The van der Waals surface area contributed by atoms with Crippen molar-refractivity contribution in [2.24, 2.45) is 11.5 Å². The van der Waals surface area contributed by atoms with E-state index < -0.39 is 12.0 Å². The molecule has 60 valence electrons. The Labute approximate surface area is 60.5 Å². The number of carbonyl (C=O) groups excluding carboxylic acids is 1. The molecule has 0 aromatic rings. The highest BCUT2D eigenvalue weighted by atomic mass is 16.5. The minimum Gasteiger partial charge on any atom is -0.465 e. The third-order valence-corrected chi connectivity index (χ3v) is 1.01. The molecule has 0 bridgehead atoms. The summed E-state index contributed by atoms with van der Waals surface area (Å²) in [6, 6.07) is -0.661. The molecule has 1 atom stereocenters. The van der Waals surface area contributed by atoms with E-state index in [-0.39, 0.29) is 6.54 Å². The largest absolute Gasteiger partial charge is 0.465 e. The summed E-state index contributed by atoms with van der Waals surface area (Å²) < 4.78 is 4.70. The topological polar surface area (TPSA) is 78.3 Å². The summed E-state index contributed by atoms with van der Waals surface area (Å²) in [5.41, 5.74) is 10.4. The van der Waals surface area contributed by atoms with E-state index in [1.54, 1.807) is 0 Å². The predicted molar refractivity (Wildman–Crippen MR) is 38.3 cm³/mol. The van der Waals surface area contributed by atoms with Gasteiger partial charge in [0.15, 0.2) is 0 Å². The van der Waals surface area contributed by atoms with Gasteiger partial charge in [0.05, 0.1) is 6.61 Å². The molecule has 0 spiro atoms. The van der Waals surface area contributed by atoms with Crippen LogP contribution in [0, 0.1) is 0 Å². The zero-order valence-corrected chi connectivity index (χ0v) is 6.17. The summed E-state index contributed by atoms with van der Waals surface area (Å²) in [5, 5.41) is 0. The van der Waals surface area contributed by atoms with Gasteiger partial charge in [0.25, 0.3) is 0 Å². The molecular formula is C6H14N2O2. The van der Waals surface area contributed by atoms with Crippen molar-refractivity contribution in [1.29, 1.82) is 0 Å². The van der Waals surface area contributed by atoms with Gasteiger partial charge in [0.1, 0.15) is 6.04 Å². The van der Waals surface area contributed by atoms with Crippen LogP contribution in [0.15, 0.2) is 0 Å². The average molecular weight is 146 g/mol. The zero-order valence-electron chi connectivity index (χ0n) is 6.17. The van der Waals surface area contributed by atoms with Crippen LogP contribution >= 0.6 is 0 Å². The van der Waals surface area contributed by atoms with E-state index in [1.807, 2.05) is 6.92 Å². The SMILES string of the molecule is CCCOC(=O)C(N)CN. The van der Waals surface area contributed by atoms with Crippen LogP contribution in [0.5, 0.6) is 0 Å². The second kappa shape index (κ2) is 5.20. The number of carbonyl (C=O) groups is 1. The Balaban J connectivity index is 3.42. The van der Waals surface area contributed by atoms with Crippen LogP contribution < -0.4 is 11.5 Å². The number of rotatable bonds is 4. The van der Waals surface area contributed by atoms with Gasteiger partial charge >= 0.3 is 5.97 Å². The summed E-state index contributed by atoms with van der Waals surface area (Å²) in [6.07, 6.45) is 0.809. The molecule has 10 heavy (non-hydrogen) atoms. The van der Waals surface area contributed by atoms with Gasteiger partial charge in [0, 0.05) is 6.54 Å². The van der Waals surface area contributed by atoms with E-state index in [9.17, 15) is 4.79 Å². The Morgan fingerprint density at radius 2 is 2.30 bits per heavy atom. The molecule has 0 aliphatic heterocycles. The lowest BCUT2D eigenvalue weighted by molar-refractivity contribution is -0.144. The number of hydrogen-bond donors (Lipinski definition) is 2. The van der Waals surface area contributed by atoms with Crippen molar-refractivity contribution < 1.29 is 9.53 Å². The number of esters is 1. The van der Waals surface area contributed by atoms with Crippen LogP contribution in [-0.2, 0) is 9.53 Å². The van der Waals surface area contributed by atoms with Gasteiger partial charge in [-0.05, 0) is 6.42 Å². The lowest BCUT2D eigenvalue weighted by Gasteiger charge is -2.07.